The maximum atomic E-state index is 12.5. The van der Waals surface area contributed by atoms with E-state index in [1.165, 1.54) is 77.0 Å². The normalized spacial score (nSPS) is 28.1. The Labute approximate surface area is 166 Å². The van der Waals surface area contributed by atoms with Crippen LogP contribution in [0.25, 0.3) is 0 Å². The third kappa shape index (κ3) is 6.09. The maximum absolute atomic E-state index is 12.5. The van der Waals surface area contributed by atoms with Gasteiger partial charge in [0.15, 0.2) is 0 Å². The first-order chi connectivity index (χ1) is 13.1. The Morgan fingerprint density at radius 2 is 1.22 bits per heavy atom. The van der Waals surface area contributed by atoms with Gasteiger partial charge in [-0.3, -0.25) is 4.79 Å². The minimum absolute atomic E-state index is 0.0662. The van der Waals surface area contributed by atoms with Crippen molar-refractivity contribution in [1.82, 2.24) is 0 Å². The highest BCUT2D eigenvalue weighted by Gasteiger charge is 2.32. The molecule has 0 aromatic heterocycles. The van der Waals surface area contributed by atoms with E-state index in [0.29, 0.717) is 11.7 Å². The summed E-state index contributed by atoms with van der Waals surface area (Å²) in [5.41, 5.74) is 1.15. The van der Waals surface area contributed by atoms with Crippen LogP contribution in [0.5, 0.6) is 0 Å². The number of esters is 1. The average Bonchev–Trinajstić information content (AvgIpc) is 2.73. The van der Waals surface area contributed by atoms with Gasteiger partial charge in [0, 0.05) is 0 Å². The van der Waals surface area contributed by atoms with Crippen molar-refractivity contribution in [3.05, 3.63) is 36.6 Å². The molecule has 0 aromatic rings. The predicted octanol–water partition coefficient (Wildman–Crippen LogP) is 7.12. The fourth-order valence-electron chi connectivity index (χ4n) is 5.49. The van der Waals surface area contributed by atoms with Crippen LogP contribution in [0.2, 0.25) is 0 Å². The molecule has 0 aromatic carbocycles. The highest BCUT2D eigenvalue weighted by atomic mass is 16.5. The molecule has 0 heterocycles. The molecule has 2 heteroatoms. The summed E-state index contributed by atoms with van der Waals surface area (Å²) in [4.78, 5) is 12.5. The molecule has 3 aliphatic carbocycles. The second-order valence-corrected chi connectivity index (χ2v) is 9.14. The summed E-state index contributed by atoms with van der Waals surface area (Å²) >= 11 is 0. The van der Waals surface area contributed by atoms with Crippen molar-refractivity contribution in [1.29, 1.82) is 0 Å². The van der Waals surface area contributed by atoms with Gasteiger partial charge in [-0.15, -0.1) is 0 Å². The van der Waals surface area contributed by atoms with E-state index < -0.39 is 0 Å². The summed E-state index contributed by atoms with van der Waals surface area (Å²) < 4.78 is 5.55. The third-order valence-electron chi connectivity index (χ3n) is 7.27. The average molecular weight is 371 g/mol. The summed E-state index contributed by atoms with van der Waals surface area (Å²) in [7, 11) is 0. The van der Waals surface area contributed by atoms with Gasteiger partial charge in [-0.05, 0) is 62.4 Å². The molecule has 3 rings (SSSR count). The van der Waals surface area contributed by atoms with Crippen molar-refractivity contribution in [3.8, 4) is 0 Å². The largest absolute Gasteiger partial charge is 0.427 e. The number of ether oxygens (including phenoxy) is 1. The van der Waals surface area contributed by atoms with Gasteiger partial charge in [-0.2, -0.15) is 0 Å². The van der Waals surface area contributed by atoms with E-state index in [-0.39, 0.29) is 11.9 Å². The molecule has 0 bridgehead atoms. The number of carbonyl (C=O) groups is 1. The molecular formula is C25H38O2. The van der Waals surface area contributed by atoms with Gasteiger partial charge in [0.25, 0.3) is 0 Å². The number of rotatable bonds is 6. The lowest BCUT2D eigenvalue weighted by Gasteiger charge is -2.35. The summed E-state index contributed by atoms with van der Waals surface area (Å²) in [6.07, 6.45) is 21.7. The summed E-state index contributed by atoms with van der Waals surface area (Å²) in [6, 6.07) is 0. The number of allylic oxidation sites excluding steroid dienone is 3. The first-order valence-corrected chi connectivity index (χ1v) is 11.4. The van der Waals surface area contributed by atoms with Gasteiger partial charge >= 0.3 is 5.97 Å². The minimum Gasteiger partial charge on any atom is -0.427 e. The molecule has 3 saturated carbocycles. The van der Waals surface area contributed by atoms with Gasteiger partial charge in [-0.1, -0.05) is 76.2 Å². The molecule has 2 nitrogen and oxygen atoms in total. The summed E-state index contributed by atoms with van der Waals surface area (Å²) in [6.45, 7) is 8.13. The van der Waals surface area contributed by atoms with Crippen LogP contribution in [-0.2, 0) is 9.53 Å². The topological polar surface area (TPSA) is 26.3 Å². The first-order valence-electron chi connectivity index (χ1n) is 11.4. The van der Waals surface area contributed by atoms with E-state index in [4.69, 9.17) is 4.74 Å². The van der Waals surface area contributed by atoms with Crippen molar-refractivity contribution in [2.75, 3.05) is 0 Å². The standard InChI is InChI=1S/C25H38O2/c1-19(21-9-5-3-6-10-21)13-14-20(2)27-25(26)24-17-15-23(16-18-24)22-11-7-4-8-12-22/h13-14,21-24H,1-12,15-18H2/b14-13-. The summed E-state index contributed by atoms with van der Waals surface area (Å²) in [5.74, 6) is 2.81. The van der Waals surface area contributed by atoms with Crippen LogP contribution in [0, 0.1) is 23.7 Å². The molecule has 3 aliphatic rings. The summed E-state index contributed by atoms with van der Waals surface area (Å²) in [5, 5.41) is 0. The second-order valence-electron chi connectivity index (χ2n) is 9.14. The Balaban J connectivity index is 1.39. The Bertz CT molecular complexity index is 539. The quantitative estimate of drug-likeness (QED) is 0.282. The lowest BCUT2D eigenvalue weighted by atomic mass is 9.71. The number of hydrogen-bond acceptors (Lipinski definition) is 2. The van der Waals surface area contributed by atoms with Gasteiger partial charge in [-0.25, -0.2) is 0 Å². The van der Waals surface area contributed by atoms with E-state index in [9.17, 15) is 4.79 Å². The lowest BCUT2D eigenvalue weighted by molar-refractivity contribution is -0.145. The zero-order valence-electron chi connectivity index (χ0n) is 17.1. The predicted molar refractivity (Wildman–Crippen MR) is 112 cm³/mol. The minimum atomic E-state index is -0.0741. The van der Waals surface area contributed by atoms with Gasteiger partial charge in [0.05, 0.1) is 5.92 Å². The molecule has 0 aliphatic heterocycles. The van der Waals surface area contributed by atoms with Crippen molar-refractivity contribution in [2.24, 2.45) is 23.7 Å². The fraction of sp³-hybridized carbons (Fsp3) is 0.720. The van der Waals surface area contributed by atoms with Crippen molar-refractivity contribution >= 4 is 5.97 Å². The second kappa shape index (κ2) is 10.3. The monoisotopic (exact) mass is 370 g/mol. The van der Waals surface area contributed by atoms with Crippen molar-refractivity contribution < 1.29 is 9.53 Å². The van der Waals surface area contributed by atoms with Crippen molar-refractivity contribution in [2.45, 2.75) is 89.9 Å². The molecule has 150 valence electrons. The van der Waals surface area contributed by atoms with Crippen LogP contribution in [0.3, 0.4) is 0 Å². The smallest absolute Gasteiger partial charge is 0.314 e. The van der Waals surface area contributed by atoms with Crippen LogP contribution < -0.4 is 0 Å². The van der Waals surface area contributed by atoms with Gasteiger partial charge in [0.1, 0.15) is 5.76 Å². The Kier molecular flexibility index (Phi) is 7.79. The molecule has 0 amide bonds. The van der Waals surface area contributed by atoms with Crippen LogP contribution in [0.15, 0.2) is 36.6 Å². The SMILES string of the molecule is C=C(/C=C\C(=C)C1CCCCC1)OC(=O)C1CCC(C2CCCCC2)CC1. The van der Waals surface area contributed by atoms with E-state index in [0.717, 1.165) is 30.3 Å². The van der Waals surface area contributed by atoms with E-state index in [1.807, 2.05) is 12.2 Å². The van der Waals surface area contributed by atoms with Crippen LogP contribution in [-0.4, -0.2) is 5.97 Å². The molecule has 27 heavy (non-hydrogen) atoms. The molecule has 0 unspecified atom stereocenters. The Morgan fingerprint density at radius 1 is 0.667 bits per heavy atom. The van der Waals surface area contributed by atoms with E-state index in [2.05, 4.69) is 13.2 Å². The van der Waals surface area contributed by atoms with Crippen LogP contribution >= 0.6 is 0 Å². The van der Waals surface area contributed by atoms with Crippen molar-refractivity contribution in [3.63, 3.8) is 0 Å². The maximum Gasteiger partial charge on any atom is 0.314 e. The number of hydrogen-bond donors (Lipinski definition) is 0. The molecule has 0 atom stereocenters. The molecule has 0 N–H and O–H groups in total. The zero-order valence-corrected chi connectivity index (χ0v) is 17.1. The van der Waals surface area contributed by atoms with Gasteiger partial charge in [0.2, 0.25) is 0 Å². The molecule has 0 saturated heterocycles. The Morgan fingerprint density at radius 3 is 1.85 bits per heavy atom. The molecule has 0 spiro atoms. The van der Waals surface area contributed by atoms with E-state index >= 15 is 0 Å². The molecule has 0 radical (unpaired) electrons. The highest BCUT2D eigenvalue weighted by molar-refractivity contribution is 5.73. The first kappa shape index (κ1) is 20.4. The third-order valence-corrected chi connectivity index (χ3v) is 7.27. The van der Waals surface area contributed by atoms with Crippen LogP contribution in [0.1, 0.15) is 89.9 Å². The highest BCUT2D eigenvalue weighted by Crippen LogP contribution is 2.40. The molecular weight excluding hydrogens is 332 g/mol. The zero-order chi connectivity index (χ0) is 19.1. The Hall–Kier alpha value is -1.31. The van der Waals surface area contributed by atoms with E-state index in [1.54, 1.807) is 0 Å². The molecule has 3 fully saturated rings. The number of carbonyl (C=O) groups excluding carboxylic acids is 1. The fourth-order valence-corrected chi connectivity index (χ4v) is 5.49. The van der Waals surface area contributed by atoms with Gasteiger partial charge < -0.3 is 4.74 Å². The lowest BCUT2D eigenvalue weighted by Crippen LogP contribution is -2.27. The van der Waals surface area contributed by atoms with Crippen LogP contribution in [0.4, 0.5) is 0 Å².